The molecule has 0 amide bonds. The molecule has 2 heterocycles. The Morgan fingerprint density at radius 2 is 2.04 bits per heavy atom. The van der Waals surface area contributed by atoms with Crippen molar-refractivity contribution in [2.45, 2.75) is 6.29 Å². The summed E-state index contributed by atoms with van der Waals surface area (Å²) >= 11 is 1.63. The number of hydrogen-bond donors (Lipinski definition) is 1. The fourth-order valence-corrected chi connectivity index (χ4v) is 3.34. The van der Waals surface area contributed by atoms with Crippen LogP contribution in [0.15, 0.2) is 42.6 Å². The minimum Gasteiger partial charge on any atom is -0.461 e. The van der Waals surface area contributed by atoms with E-state index in [-0.39, 0.29) is 5.97 Å². The van der Waals surface area contributed by atoms with Gasteiger partial charge < -0.3 is 23.9 Å². The van der Waals surface area contributed by atoms with Crippen LogP contribution in [0.25, 0.3) is 16.4 Å². The second-order valence-electron chi connectivity index (χ2n) is 6.76. The van der Waals surface area contributed by atoms with Crippen LogP contribution < -0.4 is 0 Å². The molecular formula is C21H26N2O4S. The van der Waals surface area contributed by atoms with Crippen molar-refractivity contribution in [1.82, 2.24) is 9.30 Å². The van der Waals surface area contributed by atoms with Gasteiger partial charge >= 0.3 is 5.97 Å². The zero-order chi connectivity index (χ0) is 20.1. The lowest BCUT2D eigenvalue weighted by molar-refractivity contribution is -0.103. The first kappa shape index (κ1) is 20.7. The number of aliphatic hydroxyl groups is 1. The van der Waals surface area contributed by atoms with Crippen LogP contribution in [-0.2, 0) is 9.47 Å². The molecule has 0 bridgehead atoms. The van der Waals surface area contributed by atoms with E-state index in [9.17, 15) is 9.90 Å². The predicted molar refractivity (Wildman–Crippen MR) is 113 cm³/mol. The normalized spacial score (nSPS) is 12.8. The number of fused-ring (bicyclic) bond motifs is 3. The van der Waals surface area contributed by atoms with E-state index < -0.39 is 6.29 Å². The Morgan fingerprint density at radius 3 is 2.79 bits per heavy atom. The van der Waals surface area contributed by atoms with Crippen LogP contribution in [0, 0.1) is 0 Å². The second-order valence-corrected chi connectivity index (χ2v) is 7.74. The topological polar surface area (TPSA) is 63.4 Å². The Morgan fingerprint density at radius 1 is 1.21 bits per heavy atom. The van der Waals surface area contributed by atoms with Crippen molar-refractivity contribution in [3.63, 3.8) is 0 Å². The first-order valence-electron chi connectivity index (χ1n) is 9.16. The van der Waals surface area contributed by atoms with E-state index in [4.69, 9.17) is 9.47 Å². The van der Waals surface area contributed by atoms with Crippen molar-refractivity contribution >= 4 is 34.2 Å². The van der Waals surface area contributed by atoms with Gasteiger partial charge in [0.25, 0.3) is 0 Å². The molecule has 150 valence electrons. The summed E-state index contributed by atoms with van der Waals surface area (Å²) in [7, 11) is 3.91. The van der Waals surface area contributed by atoms with Gasteiger partial charge in [-0.2, -0.15) is 11.8 Å². The van der Waals surface area contributed by atoms with Gasteiger partial charge in [-0.15, -0.1) is 0 Å². The smallest absolute Gasteiger partial charge is 0.338 e. The predicted octanol–water partition coefficient (Wildman–Crippen LogP) is 3.18. The summed E-state index contributed by atoms with van der Waals surface area (Å²) in [6.45, 7) is 1.52. The van der Waals surface area contributed by atoms with Crippen molar-refractivity contribution in [3.05, 3.63) is 53.7 Å². The Hall–Kier alpha value is -2.06. The molecule has 0 fully saturated rings. The number of nitrogens with zero attached hydrogens (tertiary/aromatic N) is 2. The number of rotatable bonds is 9. The van der Waals surface area contributed by atoms with Crippen LogP contribution in [0.2, 0.25) is 0 Å². The number of pyridine rings is 1. The Kier molecular flexibility index (Phi) is 6.96. The van der Waals surface area contributed by atoms with Gasteiger partial charge in [-0.25, -0.2) is 4.79 Å². The molecule has 0 aliphatic rings. The summed E-state index contributed by atoms with van der Waals surface area (Å²) in [5.74, 6) is 0.425. The molecular weight excluding hydrogens is 376 g/mol. The number of hydrogen-bond acceptors (Lipinski definition) is 6. The summed E-state index contributed by atoms with van der Waals surface area (Å²) in [4.78, 5) is 14.3. The highest BCUT2D eigenvalue weighted by Gasteiger charge is 2.20. The van der Waals surface area contributed by atoms with Gasteiger partial charge in [-0.1, -0.05) is 12.1 Å². The molecule has 3 aromatic rings. The van der Waals surface area contributed by atoms with Crippen molar-refractivity contribution in [1.29, 1.82) is 0 Å². The number of thioether (sulfide) groups is 1. The molecule has 28 heavy (non-hydrogen) atoms. The molecule has 0 radical (unpaired) electrons. The number of likely N-dealkylation sites (N-methyl/N-ethyl adjacent to an activating group) is 1. The third kappa shape index (κ3) is 4.50. The quantitative estimate of drug-likeness (QED) is 0.337. The molecule has 0 aliphatic heterocycles. The van der Waals surface area contributed by atoms with Crippen molar-refractivity contribution in [3.8, 4) is 0 Å². The third-order valence-corrected chi connectivity index (χ3v) is 5.08. The first-order valence-corrected chi connectivity index (χ1v) is 10.6. The average Bonchev–Trinajstić information content (AvgIpc) is 3.01. The molecule has 0 saturated carbocycles. The molecule has 0 saturated heterocycles. The minimum absolute atomic E-state index is 0.342. The summed E-state index contributed by atoms with van der Waals surface area (Å²) < 4.78 is 12.9. The maximum atomic E-state index is 12.3. The van der Waals surface area contributed by atoms with Crippen LogP contribution in [0.3, 0.4) is 0 Å². The zero-order valence-corrected chi connectivity index (χ0v) is 17.2. The minimum atomic E-state index is -1.05. The summed E-state index contributed by atoms with van der Waals surface area (Å²) in [5, 5.41) is 11.5. The van der Waals surface area contributed by atoms with Gasteiger partial charge in [0.1, 0.15) is 6.61 Å². The Bertz CT molecular complexity index is 954. The van der Waals surface area contributed by atoms with Crippen LogP contribution in [0.4, 0.5) is 0 Å². The molecule has 0 spiro atoms. The fraction of sp³-hybridized carbons (Fsp3) is 0.381. The van der Waals surface area contributed by atoms with Gasteiger partial charge in [0.05, 0.1) is 23.2 Å². The Balaban J connectivity index is 1.96. The lowest BCUT2D eigenvalue weighted by Crippen LogP contribution is -2.19. The zero-order valence-electron chi connectivity index (χ0n) is 16.4. The van der Waals surface area contributed by atoms with Crippen LogP contribution >= 0.6 is 11.8 Å². The van der Waals surface area contributed by atoms with E-state index >= 15 is 0 Å². The van der Waals surface area contributed by atoms with Crippen molar-refractivity contribution < 1.29 is 19.4 Å². The largest absolute Gasteiger partial charge is 0.461 e. The van der Waals surface area contributed by atoms with E-state index in [1.165, 1.54) is 0 Å². The molecule has 6 nitrogen and oxygen atoms in total. The van der Waals surface area contributed by atoms with Gasteiger partial charge in [0, 0.05) is 29.4 Å². The summed E-state index contributed by atoms with van der Waals surface area (Å²) in [5.41, 5.74) is 2.88. The van der Waals surface area contributed by atoms with E-state index in [0.717, 1.165) is 22.2 Å². The molecule has 7 heteroatoms. The molecule has 1 N–H and O–H groups in total. The number of aliphatic hydroxyl groups excluding tert-OH is 1. The number of ether oxygens (including phenoxy) is 2. The number of carbonyl (C=O) groups is 1. The Labute approximate surface area is 169 Å². The van der Waals surface area contributed by atoms with Crippen LogP contribution in [-0.4, -0.2) is 66.2 Å². The molecule has 1 unspecified atom stereocenters. The second kappa shape index (κ2) is 9.43. The SMILES string of the molecule is CSCCOC(=O)c1ccc2c(C(O)OCCN(C)C)c3ccccn3c2c1. The molecule has 1 atom stereocenters. The monoisotopic (exact) mass is 402 g/mol. The van der Waals surface area contributed by atoms with Gasteiger partial charge in [-0.3, -0.25) is 0 Å². The number of aromatic nitrogens is 1. The highest BCUT2D eigenvalue weighted by molar-refractivity contribution is 7.98. The highest BCUT2D eigenvalue weighted by Crippen LogP contribution is 2.32. The third-order valence-electron chi connectivity index (χ3n) is 4.50. The standard InChI is InChI=1S/C21H26N2O4S/c1-22(2)10-11-26-21(25)19-16-8-7-15(20(24)27-12-13-28-3)14-18(16)23-9-5-4-6-17(19)23/h4-9,14,21,25H,10-13H2,1-3H3. The van der Waals surface area contributed by atoms with Crippen LogP contribution in [0.5, 0.6) is 0 Å². The van der Waals surface area contributed by atoms with E-state index in [1.54, 1.807) is 23.9 Å². The molecule has 1 aromatic carbocycles. The number of benzene rings is 1. The lowest BCUT2D eigenvalue weighted by Gasteiger charge is -2.15. The van der Waals surface area contributed by atoms with Crippen molar-refractivity contribution in [2.75, 3.05) is 45.9 Å². The summed E-state index contributed by atoms with van der Waals surface area (Å²) in [6.07, 6.45) is 2.84. The van der Waals surface area contributed by atoms with E-state index in [0.29, 0.717) is 30.9 Å². The van der Waals surface area contributed by atoms with Gasteiger partial charge in [0.15, 0.2) is 6.29 Å². The summed E-state index contributed by atoms with van der Waals surface area (Å²) in [6, 6.07) is 11.2. The van der Waals surface area contributed by atoms with E-state index in [1.807, 2.05) is 60.1 Å². The highest BCUT2D eigenvalue weighted by atomic mass is 32.2. The number of carbonyl (C=O) groups excluding carboxylic acids is 1. The van der Waals surface area contributed by atoms with E-state index in [2.05, 4.69) is 0 Å². The number of esters is 1. The first-order chi connectivity index (χ1) is 13.5. The molecule has 3 rings (SSSR count). The van der Waals surface area contributed by atoms with Gasteiger partial charge in [-0.05, 0) is 44.6 Å². The average molecular weight is 403 g/mol. The van der Waals surface area contributed by atoms with Crippen molar-refractivity contribution in [2.24, 2.45) is 0 Å². The molecule has 2 aromatic heterocycles. The fourth-order valence-electron chi connectivity index (χ4n) is 3.09. The maximum absolute atomic E-state index is 12.3. The van der Waals surface area contributed by atoms with Gasteiger partial charge in [0.2, 0.25) is 0 Å². The maximum Gasteiger partial charge on any atom is 0.338 e. The van der Waals surface area contributed by atoms with Crippen LogP contribution in [0.1, 0.15) is 22.2 Å². The molecule has 0 aliphatic carbocycles. The lowest BCUT2D eigenvalue weighted by atomic mass is 10.1.